The summed E-state index contributed by atoms with van der Waals surface area (Å²) in [5.41, 5.74) is 0. The van der Waals surface area contributed by atoms with E-state index in [1.54, 1.807) is 6.08 Å². The summed E-state index contributed by atoms with van der Waals surface area (Å²) in [6.45, 7) is 4.72. The van der Waals surface area contributed by atoms with Crippen LogP contribution in [0.1, 0.15) is 149 Å². The zero-order valence-corrected chi connectivity index (χ0v) is 31.9. The van der Waals surface area contributed by atoms with Crippen LogP contribution < -0.4 is 5.32 Å². The summed E-state index contributed by atoms with van der Waals surface area (Å²) in [6.07, 6.45) is 35.0. The third kappa shape index (κ3) is 33.0. The molecule has 0 saturated carbocycles. The zero-order valence-electron chi connectivity index (χ0n) is 31.0. The number of nitrogens with one attached hydrogen (secondary N) is 1. The molecule has 0 aliphatic heterocycles. The SMILES string of the molecule is CCCCCCCC/C=C/CC/C=C/CC/C=C/C(O)C(COP(=O)(O)OCC[N+](C)(C)C)NC(=O)CCCCCCCCCCC. The molecule has 3 N–H and O–H groups in total. The Morgan fingerprint density at radius 1 is 0.702 bits per heavy atom. The lowest BCUT2D eigenvalue weighted by Crippen LogP contribution is -2.45. The minimum atomic E-state index is -4.33. The van der Waals surface area contributed by atoms with Crippen LogP contribution in [0.4, 0.5) is 0 Å². The largest absolute Gasteiger partial charge is 0.472 e. The van der Waals surface area contributed by atoms with E-state index in [4.69, 9.17) is 9.05 Å². The van der Waals surface area contributed by atoms with Crippen LogP contribution in [0.5, 0.6) is 0 Å². The highest BCUT2D eigenvalue weighted by Crippen LogP contribution is 2.43. The Morgan fingerprint density at radius 2 is 1.17 bits per heavy atom. The number of rotatable bonds is 33. The average Bonchev–Trinajstić information content (AvgIpc) is 3.01. The maximum Gasteiger partial charge on any atom is 0.472 e. The van der Waals surface area contributed by atoms with Crippen molar-refractivity contribution in [3.63, 3.8) is 0 Å². The lowest BCUT2D eigenvalue weighted by molar-refractivity contribution is -0.870. The van der Waals surface area contributed by atoms with Crippen molar-refractivity contribution in [3.8, 4) is 0 Å². The second kappa shape index (κ2) is 30.8. The molecule has 0 rings (SSSR count). The molecule has 0 heterocycles. The lowest BCUT2D eigenvalue weighted by Gasteiger charge is -2.25. The molecule has 9 heteroatoms. The predicted octanol–water partition coefficient (Wildman–Crippen LogP) is 9.57. The Balaban J connectivity index is 4.62. The van der Waals surface area contributed by atoms with E-state index in [0.29, 0.717) is 17.4 Å². The van der Waals surface area contributed by atoms with E-state index in [0.717, 1.165) is 44.9 Å². The number of quaternary nitrogens is 1. The molecule has 8 nitrogen and oxygen atoms in total. The Labute approximate surface area is 289 Å². The minimum Gasteiger partial charge on any atom is -0.387 e. The van der Waals surface area contributed by atoms with Crippen LogP contribution >= 0.6 is 7.82 Å². The Morgan fingerprint density at radius 3 is 1.70 bits per heavy atom. The number of aliphatic hydroxyl groups excluding tert-OH is 1. The lowest BCUT2D eigenvalue weighted by atomic mass is 10.1. The van der Waals surface area contributed by atoms with Gasteiger partial charge in [0.2, 0.25) is 5.91 Å². The third-order valence-corrected chi connectivity index (χ3v) is 9.07. The van der Waals surface area contributed by atoms with Gasteiger partial charge in [-0.15, -0.1) is 0 Å². The monoisotopic (exact) mass is 686 g/mol. The van der Waals surface area contributed by atoms with Crippen LogP contribution in [-0.2, 0) is 18.4 Å². The van der Waals surface area contributed by atoms with Crippen LogP contribution in [-0.4, -0.2) is 73.4 Å². The summed E-state index contributed by atoms with van der Waals surface area (Å²) >= 11 is 0. The van der Waals surface area contributed by atoms with Crippen molar-refractivity contribution in [3.05, 3.63) is 36.5 Å². The predicted molar refractivity (Wildman–Crippen MR) is 198 cm³/mol. The van der Waals surface area contributed by atoms with E-state index < -0.39 is 20.0 Å². The topological polar surface area (TPSA) is 105 Å². The highest BCUT2D eigenvalue weighted by atomic mass is 31.2. The number of phosphoric acid groups is 1. The van der Waals surface area contributed by atoms with Crippen molar-refractivity contribution in [2.24, 2.45) is 0 Å². The first-order valence-corrected chi connectivity index (χ1v) is 20.4. The fraction of sp³-hybridized carbons (Fsp3) is 0.816. The maximum absolute atomic E-state index is 12.7. The molecule has 47 heavy (non-hydrogen) atoms. The number of amides is 1. The fourth-order valence-electron chi connectivity index (χ4n) is 5.01. The van der Waals surface area contributed by atoms with Crippen molar-refractivity contribution in [1.82, 2.24) is 5.32 Å². The molecule has 0 fully saturated rings. The number of unbranched alkanes of at least 4 members (excludes halogenated alkanes) is 16. The summed E-state index contributed by atoms with van der Waals surface area (Å²) in [4.78, 5) is 22.9. The van der Waals surface area contributed by atoms with Crippen LogP contribution in [0.15, 0.2) is 36.5 Å². The molecule has 3 unspecified atom stereocenters. The van der Waals surface area contributed by atoms with E-state index in [1.165, 1.54) is 83.5 Å². The van der Waals surface area contributed by atoms with Crippen molar-refractivity contribution >= 4 is 13.7 Å². The summed E-state index contributed by atoms with van der Waals surface area (Å²) in [5, 5.41) is 13.7. The maximum atomic E-state index is 12.7. The smallest absolute Gasteiger partial charge is 0.387 e. The Kier molecular flexibility index (Phi) is 29.9. The molecule has 1 amide bonds. The van der Waals surface area contributed by atoms with E-state index in [2.05, 4.69) is 43.5 Å². The average molecular weight is 686 g/mol. The van der Waals surface area contributed by atoms with E-state index >= 15 is 0 Å². The molecule has 276 valence electrons. The van der Waals surface area contributed by atoms with E-state index in [1.807, 2.05) is 27.2 Å². The molecular formula is C38H74N2O6P+. The van der Waals surface area contributed by atoms with Gasteiger partial charge in [-0.2, -0.15) is 0 Å². The number of allylic oxidation sites excluding steroid dienone is 5. The Bertz CT molecular complexity index is 871. The second-order valence-electron chi connectivity index (χ2n) is 13.9. The summed E-state index contributed by atoms with van der Waals surface area (Å²) in [5.74, 6) is -0.198. The van der Waals surface area contributed by atoms with Crippen LogP contribution in [0, 0.1) is 0 Å². The Hall–Kier alpha value is -1.28. The van der Waals surface area contributed by atoms with Crippen molar-refractivity contribution in [2.45, 2.75) is 161 Å². The highest BCUT2D eigenvalue weighted by molar-refractivity contribution is 7.47. The highest BCUT2D eigenvalue weighted by Gasteiger charge is 2.27. The fourth-order valence-corrected chi connectivity index (χ4v) is 5.75. The number of phosphoric ester groups is 1. The van der Waals surface area contributed by atoms with Crippen LogP contribution in [0.2, 0.25) is 0 Å². The van der Waals surface area contributed by atoms with Gasteiger partial charge < -0.3 is 19.8 Å². The van der Waals surface area contributed by atoms with Gasteiger partial charge in [-0.25, -0.2) is 4.57 Å². The summed E-state index contributed by atoms with van der Waals surface area (Å²) < 4.78 is 23.4. The molecule has 3 atom stereocenters. The third-order valence-electron chi connectivity index (χ3n) is 8.09. The zero-order chi connectivity index (χ0) is 35.1. The van der Waals surface area contributed by atoms with Gasteiger partial charge in [0.1, 0.15) is 13.2 Å². The number of nitrogens with zero attached hydrogens (tertiary/aromatic N) is 1. The van der Waals surface area contributed by atoms with Crippen molar-refractivity contribution in [1.29, 1.82) is 0 Å². The summed E-state index contributed by atoms with van der Waals surface area (Å²) in [7, 11) is 1.54. The number of hydrogen-bond donors (Lipinski definition) is 3. The minimum absolute atomic E-state index is 0.0539. The standard InChI is InChI=1S/C38H73N2O6P/c1-6-8-10-12-14-16-17-18-19-20-21-22-24-25-27-29-31-37(41)36(35-46-47(43,44)45-34-33-40(3,4)5)39-38(42)32-30-28-26-23-15-13-11-9-7-2/h18-19,22,24,29,31,36-37,41H,6-17,20-21,23,25-28,30,32-35H2,1-5H3,(H-,39,42,43,44)/p+1/b19-18+,24-22+,31-29+. The molecule has 0 aromatic heterocycles. The van der Waals surface area contributed by atoms with Gasteiger partial charge in [-0.05, 0) is 44.9 Å². The molecule has 0 saturated heterocycles. The van der Waals surface area contributed by atoms with Crippen LogP contribution in [0.3, 0.4) is 0 Å². The van der Waals surface area contributed by atoms with Gasteiger partial charge in [-0.3, -0.25) is 13.8 Å². The molecular weight excluding hydrogens is 611 g/mol. The quantitative estimate of drug-likeness (QED) is 0.0275. The van der Waals surface area contributed by atoms with E-state index in [-0.39, 0.29) is 19.1 Å². The van der Waals surface area contributed by atoms with Crippen molar-refractivity contribution in [2.75, 3.05) is 40.9 Å². The van der Waals surface area contributed by atoms with Crippen molar-refractivity contribution < 1.29 is 32.9 Å². The molecule has 0 aromatic rings. The number of aliphatic hydroxyl groups is 1. The van der Waals surface area contributed by atoms with Gasteiger partial charge in [0, 0.05) is 6.42 Å². The van der Waals surface area contributed by atoms with Gasteiger partial charge >= 0.3 is 7.82 Å². The van der Waals surface area contributed by atoms with Gasteiger partial charge in [0.15, 0.2) is 0 Å². The molecule has 0 aliphatic carbocycles. The first-order valence-electron chi connectivity index (χ1n) is 18.9. The number of carbonyl (C=O) groups is 1. The normalized spacial score (nSPS) is 15.1. The van der Waals surface area contributed by atoms with Gasteiger partial charge in [0.25, 0.3) is 0 Å². The first-order chi connectivity index (χ1) is 22.5. The summed E-state index contributed by atoms with van der Waals surface area (Å²) in [6, 6.07) is -0.863. The number of likely N-dealkylation sites (N-methyl/N-ethyl adjacent to an activating group) is 1. The molecule has 0 spiro atoms. The molecule has 0 radical (unpaired) electrons. The molecule has 0 bridgehead atoms. The van der Waals surface area contributed by atoms with Gasteiger partial charge in [0.05, 0.1) is 39.9 Å². The van der Waals surface area contributed by atoms with Gasteiger partial charge in [-0.1, -0.05) is 134 Å². The number of carbonyl (C=O) groups excluding carboxylic acids is 1. The molecule has 0 aromatic carbocycles. The first kappa shape index (κ1) is 45.7. The number of hydrogen-bond acceptors (Lipinski definition) is 5. The molecule has 0 aliphatic rings. The van der Waals surface area contributed by atoms with Crippen LogP contribution in [0.25, 0.3) is 0 Å². The second-order valence-corrected chi connectivity index (χ2v) is 15.4. The van der Waals surface area contributed by atoms with E-state index in [9.17, 15) is 19.4 Å².